The Bertz CT molecular complexity index is 892. The Morgan fingerprint density at radius 3 is 2.15 bits per heavy atom. The van der Waals surface area contributed by atoms with Gasteiger partial charge in [-0.05, 0) is 57.5 Å². The Kier molecular flexibility index (Phi) is 6.89. The molecule has 0 spiro atoms. The Labute approximate surface area is 166 Å². The fraction of sp³-hybridized carbons (Fsp3) is 0.350. The van der Waals surface area contributed by atoms with Crippen molar-refractivity contribution in [2.45, 2.75) is 45.5 Å². The van der Waals surface area contributed by atoms with Crippen LogP contribution >= 0.6 is 11.6 Å². The highest BCUT2D eigenvalue weighted by molar-refractivity contribution is 7.87. The van der Waals surface area contributed by atoms with Gasteiger partial charge < -0.3 is 9.08 Å². The van der Waals surface area contributed by atoms with Crippen molar-refractivity contribution in [2.75, 3.05) is 0 Å². The normalized spacial score (nSPS) is 11.7. The van der Waals surface area contributed by atoms with Crippen LogP contribution in [0.3, 0.4) is 0 Å². The molecule has 0 radical (unpaired) electrons. The third kappa shape index (κ3) is 5.47. The van der Waals surface area contributed by atoms with Crippen molar-refractivity contribution in [1.29, 1.82) is 0 Å². The molecule has 7 heteroatoms. The summed E-state index contributed by atoms with van der Waals surface area (Å²) in [4.78, 5) is 14.6. The maximum atomic E-state index is 12.9. The first-order chi connectivity index (χ1) is 12.6. The summed E-state index contributed by atoms with van der Waals surface area (Å²) in [6.07, 6.45) is 0. The van der Waals surface area contributed by atoms with Crippen LogP contribution in [0, 0.1) is 0 Å². The molecule has 2 aromatic carbocycles. The lowest BCUT2D eigenvalue weighted by Crippen LogP contribution is -2.36. The summed E-state index contributed by atoms with van der Waals surface area (Å²) in [5, 5.41) is -0.211. The van der Waals surface area contributed by atoms with E-state index in [2.05, 4.69) is 0 Å². The van der Waals surface area contributed by atoms with E-state index >= 15 is 0 Å². The number of hydrogen-bond acceptors (Lipinski definition) is 4. The van der Waals surface area contributed by atoms with Crippen molar-refractivity contribution in [1.82, 2.24) is 4.90 Å². The fourth-order valence-electron chi connectivity index (χ4n) is 2.36. The third-order valence-corrected chi connectivity index (χ3v) is 5.96. The van der Waals surface area contributed by atoms with Gasteiger partial charge in [-0.3, -0.25) is 4.79 Å². The number of rotatable bonds is 7. The van der Waals surface area contributed by atoms with Crippen molar-refractivity contribution in [2.24, 2.45) is 0 Å². The molecule has 5 nitrogen and oxygen atoms in total. The first kappa shape index (κ1) is 21.3. The van der Waals surface area contributed by atoms with E-state index < -0.39 is 15.4 Å². The Balaban J connectivity index is 2.18. The van der Waals surface area contributed by atoms with Gasteiger partial charge in [-0.15, -0.1) is 0 Å². The minimum absolute atomic E-state index is 0.0361. The average Bonchev–Trinajstić information content (AvgIpc) is 2.60. The van der Waals surface area contributed by atoms with E-state index in [1.165, 1.54) is 0 Å². The summed E-state index contributed by atoms with van der Waals surface area (Å²) in [5.74, 6) is 0.0966. The highest BCUT2D eigenvalue weighted by atomic mass is 35.5. The van der Waals surface area contributed by atoms with Crippen LogP contribution in [0.5, 0.6) is 5.75 Å². The SMILES string of the molecule is CC(C)N(Cc1ccc(OS(=O)(=O)C(C)C)cc1)C(=O)c1ccccc1Cl. The highest BCUT2D eigenvalue weighted by Gasteiger charge is 2.22. The van der Waals surface area contributed by atoms with Crippen LogP contribution in [-0.2, 0) is 16.7 Å². The van der Waals surface area contributed by atoms with Crippen LogP contribution in [0.25, 0.3) is 0 Å². The molecule has 0 unspecified atom stereocenters. The zero-order valence-corrected chi connectivity index (χ0v) is 17.4. The number of carbonyl (C=O) groups is 1. The molecule has 0 aliphatic rings. The van der Waals surface area contributed by atoms with Gasteiger partial charge in [-0.1, -0.05) is 35.9 Å². The number of hydrogen-bond donors (Lipinski definition) is 0. The van der Waals surface area contributed by atoms with E-state index in [1.54, 1.807) is 67.3 Å². The Morgan fingerprint density at radius 2 is 1.63 bits per heavy atom. The minimum Gasteiger partial charge on any atom is -0.382 e. The number of carbonyl (C=O) groups excluding carboxylic acids is 1. The van der Waals surface area contributed by atoms with Crippen LogP contribution < -0.4 is 4.18 Å². The summed E-state index contributed by atoms with van der Waals surface area (Å²) in [5.41, 5.74) is 1.31. The van der Waals surface area contributed by atoms with Crippen molar-refractivity contribution < 1.29 is 17.4 Å². The molecule has 0 bridgehead atoms. The molecule has 2 rings (SSSR count). The summed E-state index contributed by atoms with van der Waals surface area (Å²) in [7, 11) is -3.63. The van der Waals surface area contributed by atoms with Gasteiger partial charge >= 0.3 is 10.1 Å². The number of halogens is 1. The second kappa shape index (κ2) is 8.76. The predicted molar refractivity (Wildman–Crippen MR) is 108 cm³/mol. The summed E-state index contributed by atoms with van der Waals surface area (Å²) in [6, 6.07) is 13.6. The monoisotopic (exact) mass is 409 g/mol. The highest BCUT2D eigenvalue weighted by Crippen LogP contribution is 2.22. The van der Waals surface area contributed by atoms with Crippen LogP contribution in [0.4, 0.5) is 0 Å². The smallest absolute Gasteiger partial charge is 0.311 e. The zero-order valence-electron chi connectivity index (χ0n) is 15.8. The van der Waals surface area contributed by atoms with Crippen molar-refractivity contribution in [3.63, 3.8) is 0 Å². The molecule has 2 aromatic rings. The van der Waals surface area contributed by atoms with E-state index in [4.69, 9.17) is 15.8 Å². The van der Waals surface area contributed by atoms with Gasteiger partial charge in [-0.25, -0.2) is 0 Å². The van der Waals surface area contributed by atoms with Crippen LogP contribution in [-0.4, -0.2) is 30.5 Å². The molecule has 0 aromatic heterocycles. The van der Waals surface area contributed by atoms with E-state index in [9.17, 15) is 13.2 Å². The quantitative estimate of drug-likeness (QED) is 0.631. The lowest BCUT2D eigenvalue weighted by molar-refractivity contribution is 0.0690. The lowest BCUT2D eigenvalue weighted by Gasteiger charge is -2.27. The summed E-state index contributed by atoms with van der Waals surface area (Å²) in [6.45, 7) is 7.36. The molecule has 27 heavy (non-hydrogen) atoms. The Hall–Kier alpha value is -2.05. The number of amides is 1. The summed E-state index contributed by atoms with van der Waals surface area (Å²) >= 11 is 6.16. The largest absolute Gasteiger partial charge is 0.382 e. The molecule has 0 saturated heterocycles. The molecule has 0 heterocycles. The maximum absolute atomic E-state index is 12.9. The van der Waals surface area contributed by atoms with Gasteiger partial charge in [-0.2, -0.15) is 8.42 Å². The van der Waals surface area contributed by atoms with Gasteiger partial charge in [0.05, 0.1) is 15.8 Å². The van der Waals surface area contributed by atoms with E-state index in [1.807, 2.05) is 13.8 Å². The molecule has 0 N–H and O–H groups in total. The second-order valence-corrected chi connectivity index (χ2v) is 9.28. The predicted octanol–water partition coefficient (Wildman–Crippen LogP) is 4.51. The first-order valence-corrected chi connectivity index (χ1v) is 10.5. The standard InChI is InChI=1S/C20H24ClNO4S/c1-14(2)22(20(23)18-7-5-6-8-19(18)21)13-16-9-11-17(12-10-16)26-27(24,25)15(3)4/h5-12,14-15H,13H2,1-4H3. The van der Waals surface area contributed by atoms with Crippen molar-refractivity contribution in [3.05, 3.63) is 64.7 Å². The average molecular weight is 410 g/mol. The molecule has 0 aliphatic heterocycles. The van der Waals surface area contributed by atoms with E-state index in [0.29, 0.717) is 17.1 Å². The van der Waals surface area contributed by atoms with Gasteiger partial charge in [0.2, 0.25) is 0 Å². The number of nitrogens with zero attached hydrogens (tertiary/aromatic N) is 1. The molecule has 0 aliphatic carbocycles. The molecule has 0 fully saturated rings. The van der Waals surface area contributed by atoms with E-state index in [-0.39, 0.29) is 17.7 Å². The minimum atomic E-state index is -3.63. The molecule has 146 valence electrons. The molecule has 1 amide bonds. The van der Waals surface area contributed by atoms with Crippen LogP contribution in [0.15, 0.2) is 48.5 Å². The van der Waals surface area contributed by atoms with Crippen LogP contribution in [0.1, 0.15) is 43.6 Å². The summed E-state index contributed by atoms with van der Waals surface area (Å²) < 4.78 is 28.8. The maximum Gasteiger partial charge on any atom is 0.311 e. The van der Waals surface area contributed by atoms with Crippen molar-refractivity contribution >= 4 is 27.6 Å². The first-order valence-electron chi connectivity index (χ1n) is 8.69. The second-order valence-electron chi connectivity index (χ2n) is 6.78. The van der Waals surface area contributed by atoms with Gasteiger partial charge in [0, 0.05) is 12.6 Å². The fourth-order valence-corrected chi connectivity index (χ4v) is 3.14. The topological polar surface area (TPSA) is 63.7 Å². The van der Waals surface area contributed by atoms with E-state index in [0.717, 1.165) is 5.56 Å². The van der Waals surface area contributed by atoms with Gasteiger partial charge in [0.15, 0.2) is 0 Å². The third-order valence-electron chi connectivity index (χ3n) is 4.05. The molecular weight excluding hydrogens is 386 g/mol. The number of benzene rings is 2. The zero-order chi connectivity index (χ0) is 20.2. The van der Waals surface area contributed by atoms with Crippen LogP contribution in [0.2, 0.25) is 5.02 Å². The Morgan fingerprint density at radius 1 is 1.04 bits per heavy atom. The molecule has 0 saturated carbocycles. The van der Waals surface area contributed by atoms with Gasteiger partial charge in [0.1, 0.15) is 5.75 Å². The van der Waals surface area contributed by atoms with Crippen molar-refractivity contribution in [3.8, 4) is 5.75 Å². The molecular formula is C20H24ClNO4S. The lowest BCUT2D eigenvalue weighted by atomic mass is 10.1. The molecule has 0 atom stereocenters. The van der Waals surface area contributed by atoms with Gasteiger partial charge in [0.25, 0.3) is 5.91 Å².